The maximum Gasteiger partial charge on any atom is 0.191 e. The third-order valence-corrected chi connectivity index (χ3v) is 2.76. The highest BCUT2D eigenvalue weighted by Gasteiger charge is 2.03. The third-order valence-electron chi connectivity index (χ3n) is 1.78. The van der Waals surface area contributed by atoms with Crippen LogP contribution in [0.25, 0.3) is 0 Å². The Hall–Kier alpha value is -1.02. The minimum atomic E-state index is 0.561. The van der Waals surface area contributed by atoms with Gasteiger partial charge in [-0.2, -0.15) is 5.26 Å². The minimum Gasteiger partial charge on any atom is -0.309 e. The van der Waals surface area contributed by atoms with Crippen LogP contribution < -0.4 is 0 Å². The molecule has 0 bridgehead atoms. The normalized spacial score (nSPS) is 10.0. The summed E-state index contributed by atoms with van der Waals surface area (Å²) in [7, 11) is 0. The van der Waals surface area contributed by atoms with Gasteiger partial charge in [0.05, 0.1) is 6.07 Å². The highest BCUT2D eigenvalue weighted by atomic mass is 32.2. The smallest absolute Gasteiger partial charge is 0.191 e. The van der Waals surface area contributed by atoms with Crippen LogP contribution in [-0.2, 0) is 6.54 Å². The first-order chi connectivity index (χ1) is 6.88. The van der Waals surface area contributed by atoms with Gasteiger partial charge in [0, 0.05) is 18.7 Å². The Morgan fingerprint density at radius 2 is 2.50 bits per heavy atom. The third kappa shape index (κ3) is 3.38. The molecule has 0 unspecified atom stereocenters. The van der Waals surface area contributed by atoms with E-state index in [4.69, 9.17) is 5.26 Å². The average Bonchev–Trinajstić information content (AvgIpc) is 2.63. The predicted molar refractivity (Wildman–Crippen MR) is 55.9 cm³/mol. The van der Waals surface area contributed by atoms with Crippen LogP contribution in [-0.4, -0.2) is 20.5 Å². The zero-order valence-electron chi connectivity index (χ0n) is 8.31. The fourth-order valence-electron chi connectivity index (χ4n) is 1.03. The van der Waals surface area contributed by atoms with Crippen molar-refractivity contribution in [3.8, 4) is 6.07 Å². The number of thioether (sulfide) groups is 1. The molecule has 1 aromatic rings. The summed E-state index contributed by atoms with van der Waals surface area (Å²) in [5.41, 5.74) is 0. The fraction of sp³-hybridized carbons (Fsp3) is 0.667. The molecule has 0 fully saturated rings. The molecule has 0 N–H and O–H groups in total. The first kappa shape index (κ1) is 11.1. The van der Waals surface area contributed by atoms with Crippen molar-refractivity contribution in [2.75, 3.05) is 5.75 Å². The molecule has 1 heterocycles. The summed E-state index contributed by atoms with van der Waals surface area (Å²) in [5.74, 6) is 0.793. The molecule has 0 aromatic carbocycles. The van der Waals surface area contributed by atoms with E-state index < -0.39 is 0 Å². The second-order valence-corrected chi connectivity index (χ2v) is 3.98. The molecule has 76 valence electrons. The van der Waals surface area contributed by atoms with Crippen molar-refractivity contribution in [2.24, 2.45) is 0 Å². The van der Waals surface area contributed by atoms with E-state index in [-0.39, 0.29) is 0 Å². The summed E-state index contributed by atoms with van der Waals surface area (Å²) >= 11 is 1.60. The van der Waals surface area contributed by atoms with Crippen LogP contribution in [0.4, 0.5) is 0 Å². The molecule has 0 aliphatic carbocycles. The van der Waals surface area contributed by atoms with Crippen LogP contribution in [0.15, 0.2) is 11.5 Å². The van der Waals surface area contributed by atoms with Gasteiger partial charge in [0.2, 0.25) is 0 Å². The van der Waals surface area contributed by atoms with E-state index >= 15 is 0 Å². The largest absolute Gasteiger partial charge is 0.309 e. The summed E-state index contributed by atoms with van der Waals surface area (Å²) in [4.78, 5) is 0. The summed E-state index contributed by atoms with van der Waals surface area (Å²) in [6, 6.07) is 2.11. The minimum absolute atomic E-state index is 0.561. The van der Waals surface area contributed by atoms with Gasteiger partial charge >= 0.3 is 0 Å². The van der Waals surface area contributed by atoms with E-state index in [1.165, 1.54) is 6.42 Å². The van der Waals surface area contributed by atoms with E-state index in [2.05, 4.69) is 23.2 Å². The SMILES string of the molecule is CCCCn1cnnc1SCCC#N. The molecule has 0 aliphatic rings. The highest BCUT2D eigenvalue weighted by Crippen LogP contribution is 2.15. The van der Waals surface area contributed by atoms with Crippen molar-refractivity contribution in [1.82, 2.24) is 14.8 Å². The number of nitrogens with zero attached hydrogens (tertiary/aromatic N) is 4. The standard InChI is InChI=1S/C9H14N4S/c1-2-3-6-13-8-11-12-9(13)14-7-4-5-10/h8H,2-4,6-7H2,1H3. The second kappa shape index (κ2) is 6.44. The van der Waals surface area contributed by atoms with Crippen LogP contribution >= 0.6 is 11.8 Å². The van der Waals surface area contributed by atoms with Gasteiger partial charge in [-0.05, 0) is 6.42 Å². The zero-order chi connectivity index (χ0) is 10.2. The zero-order valence-corrected chi connectivity index (χ0v) is 9.13. The van der Waals surface area contributed by atoms with Gasteiger partial charge in [0.15, 0.2) is 5.16 Å². The van der Waals surface area contributed by atoms with E-state index in [1.807, 2.05) is 4.57 Å². The number of hydrogen-bond acceptors (Lipinski definition) is 4. The summed E-state index contributed by atoms with van der Waals surface area (Å²) in [6.45, 7) is 3.13. The molecule has 0 saturated heterocycles. The van der Waals surface area contributed by atoms with Gasteiger partial charge in [-0.15, -0.1) is 10.2 Å². The van der Waals surface area contributed by atoms with Crippen molar-refractivity contribution < 1.29 is 0 Å². The summed E-state index contributed by atoms with van der Waals surface area (Å²) in [6.07, 6.45) is 4.63. The van der Waals surface area contributed by atoms with Crippen molar-refractivity contribution >= 4 is 11.8 Å². The van der Waals surface area contributed by atoms with Gasteiger partial charge < -0.3 is 4.57 Å². The summed E-state index contributed by atoms with van der Waals surface area (Å²) in [5, 5.41) is 17.2. The fourth-order valence-corrected chi connectivity index (χ4v) is 1.81. The quantitative estimate of drug-likeness (QED) is 0.533. The molecule has 0 spiro atoms. The van der Waals surface area contributed by atoms with E-state index in [9.17, 15) is 0 Å². The first-order valence-corrected chi connectivity index (χ1v) is 5.74. The van der Waals surface area contributed by atoms with Crippen LogP contribution in [0.5, 0.6) is 0 Å². The maximum absolute atomic E-state index is 8.40. The van der Waals surface area contributed by atoms with E-state index in [0.29, 0.717) is 6.42 Å². The van der Waals surface area contributed by atoms with Crippen LogP contribution in [0.1, 0.15) is 26.2 Å². The molecular weight excluding hydrogens is 196 g/mol. The lowest BCUT2D eigenvalue weighted by Gasteiger charge is -2.03. The van der Waals surface area contributed by atoms with Crippen molar-refractivity contribution in [1.29, 1.82) is 5.26 Å². The molecular formula is C9H14N4S. The Morgan fingerprint density at radius 1 is 1.64 bits per heavy atom. The van der Waals surface area contributed by atoms with Crippen molar-refractivity contribution in [3.63, 3.8) is 0 Å². The average molecular weight is 210 g/mol. The lowest BCUT2D eigenvalue weighted by molar-refractivity contribution is 0.587. The summed E-state index contributed by atoms with van der Waals surface area (Å²) < 4.78 is 2.05. The molecule has 0 radical (unpaired) electrons. The Balaban J connectivity index is 2.42. The molecule has 1 rings (SSSR count). The molecule has 0 saturated carbocycles. The van der Waals surface area contributed by atoms with Gasteiger partial charge in [-0.3, -0.25) is 0 Å². The predicted octanol–water partition coefficient (Wildman–Crippen LogP) is 2.08. The second-order valence-electron chi connectivity index (χ2n) is 2.92. The molecule has 4 nitrogen and oxygen atoms in total. The topological polar surface area (TPSA) is 54.5 Å². The van der Waals surface area contributed by atoms with Crippen molar-refractivity contribution in [2.45, 2.75) is 37.9 Å². The Kier molecular flexibility index (Phi) is 5.08. The number of aryl methyl sites for hydroxylation is 1. The van der Waals surface area contributed by atoms with Gasteiger partial charge in [-0.25, -0.2) is 0 Å². The lowest BCUT2D eigenvalue weighted by atomic mass is 10.3. The van der Waals surface area contributed by atoms with E-state index in [1.54, 1.807) is 18.1 Å². The van der Waals surface area contributed by atoms with Gasteiger partial charge in [0.25, 0.3) is 0 Å². The molecule has 5 heteroatoms. The number of rotatable bonds is 6. The van der Waals surface area contributed by atoms with Crippen LogP contribution in [0.2, 0.25) is 0 Å². The van der Waals surface area contributed by atoms with Crippen LogP contribution in [0, 0.1) is 11.3 Å². The van der Waals surface area contributed by atoms with Crippen LogP contribution in [0.3, 0.4) is 0 Å². The maximum atomic E-state index is 8.40. The van der Waals surface area contributed by atoms with E-state index in [0.717, 1.165) is 23.9 Å². The number of hydrogen-bond donors (Lipinski definition) is 0. The lowest BCUT2D eigenvalue weighted by Crippen LogP contribution is -1.98. The first-order valence-electron chi connectivity index (χ1n) is 4.76. The molecule has 14 heavy (non-hydrogen) atoms. The Morgan fingerprint density at radius 3 is 3.21 bits per heavy atom. The Labute approximate surface area is 88.3 Å². The molecule has 0 aliphatic heterocycles. The van der Waals surface area contributed by atoms with Gasteiger partial charge in [-0.1, -0.05) is 25.1 Å². The molecule has 1 aromatic heterocycles. The highest BCUT2D eigenvalue weighted by molar-refractivity contribution is 7.99. The van der Waals surface area contributed by atoms with Gasteiger partial charge in [0.1, 0.15) is 6.33 Å². The van der Waals surface area contributed by atoms with Crippen molar-refractivity contribution in [3.05, 3.63) is 6.33 Å². The molecule has 0 amide bonds. The number of nitriles is 1. The number of aromatic nitrogens is 3. The molecule has 0 atom stereocenters. The number of unbranched alkanes of at least 4 members (excludes halogenated alkanes) is 1. The monoisotopic (exact) mass is 210 g/mol. The Bertz CT molecular complexity index is 302.